The number of piperidine rings is 1. The van der Waals surface area contributed by atoms with Gasteiger partial charge in [-0.2, -0.15) is 0 Å². The molecule has 2 amide bonds. The van der Waals surface area contributed by atoms with Crippen LogP contribution in [0.5, 0.6) is 11.5 Å². The standard InChI is InChI=1S/C26H26N4O4S/c1-14-4-2-5-15(10-14)23-21(29-26(27)35-23)25(32)30-17(11-16-12-19(16)30)13-28-24(31)18-6-3-7-20-22(18)34-9-8-33-20/h2-7,10,16-17,19H,8-9,11-13H2,1H3,(H2,27,29)(H,28,31)/t16-,17+,19+/m1/s1. The second kappa shape index (κ2) is 8.57. The fourth-order valence-electron chi connectivity index (χ4n) is 5.20. The second-order valence-corrected chi connectivity index (χ2v) is 10.3. The third kappa shape index (κ3) is 3.99. The summed E-state index contributed by atoms with van der Waals surface area (Å²) >= 11 is 1.33. The fourth-order valence-corrected chi connectivity index (χ4v) is 6.02. The molecule has 3 aliphatic rings. The van der Waals surface area contributed by atoms with Crippen LogP contribution in [0.1, 0.15) is 39.3 Å². The lowest BCUT2D eigenvalue weighted by Gasteiger charge is -2.28. The maximum Gasteiger partial charge on any atom is 0.274 e. The summed E-state index contributed by atoms with van der Waals surface area (Å²) in [4.78, 5) is 33.9. The number of para-hydroxylation sites is 1. The average Bonchev–Trinajstić information content (AvgIpc) is 3.35. The first-order valence-corrected chi connectivity index (χ1v) is 12.6. The van der Waals surface area contributed by atoms with E-state index >= 15 is 0 Å². The van der Waals surface area contributed by atoms with Gasteiger partial charge in [-0.1, -0.05) is 47.2 Å². The minimum absolute atomic E-state index is 0.0970. The summed E-state index contributed by atoms with van der Waals surface area (Å²) in [6.07, 6.45) is 1.86. The Labute approximate surface area is 207 Å². The number of nitrogens with zero attached hydrogens (tertiary/aromatic N) is 2. The quantitative estimate of drug-likeness (QED) is 0.567. The molecule has 0 unspecified atom stereocenters. The number of nitrogen functional groups attached to an aromatic ring is 1. The number of ether oxygens (including phenoxy) is 2. The smallest absolute Gasteiger partial charge is 0.274 e. The second-order valence-electron chi connectivity index (χ2n) is 9.30. The van der Waals surface area contributed by atoms with Gasteiger partial charge in [0.25, 0.3) is 11.8 Å². The molecular weight excluding hydrogens is 464 g/mol. The first-order valence-electron chi connectivity index (χ1n) is 11.8. The van der Waals surface area contributed by atoms with Gasteiger partial charge in [0.15, 0.2) is 16.6 Å². The Hall–Kier alpha value is -3.59. The molecule has 1 aromatic heterocycles. The summed E-state index contributed by atoms with van der Waals surface area (Å²) in [5.74, 6) is 1.17. The molecule has 1 saturated heterocycles. The Kier molecular flexibility index (Phi) is 5.36. The van der Waals surface area contributed by atoms with Crippen LogP contribution in [0.3, 0.4) is 0 Å². The van der Waals surface area contributed by atoms with E-state index in [0.717, 1.165) is 28.8 Å². The number of hydrogen-bond acceptors (Lipinski definition) is 7. The number of benzene rings is 2. The highest BCUT2D eigenvalue weighted by atomic mass is 32.1. The van der Waals surface area contributed by atoms with Crippen molar-refractivity contribution in [3.05, 3.63) is 59.3 Å². The van der Waals surface area contributed by atoms with Gasteiger partial charge >= 0.3 is 0 Å². The van der Waals surface area contributed by atoms with Gasteiger partial charge < -0.3 is 25.4 Å². The number of nitrogens with two attached hydrogens (primary N) is 1. The third-order valence-electron chi connectivity index (χ3n) is 6.88. The Morgan fingerprint density at radius 1 is 1.17 bits per heavy atom. The molecule has 1 aliphatic carbocycles. The predicted octanol–water partition coefficient (Wildman–Crippen LogP) is 3.50. The number of nitrogens with one attached hydrogen (secondary N) is 1. The maximum atomic E-state index is 13.8. The highest BCUT2D eigenvalue weighted by Crippen LogP contribution is 2.49. The van der Waals surface area contributed by atoms with Gasteiger partial charge in [-0.05, 0) is 43.4 Å². The topological polar surface area (TPSA) is 107 Å². The van der Waals surface area contributed by atoms with Gasteiger partial charge in [-0.25, -0.2) is 4.98 Å². The van der Waals surface area contributed by atoms with E-state index in [4.69, 9.17) is 15.2 Å². The first kappa shape index (κ1) is 21.9. The summed E-state index contributed by atoms with van der Waals surface area (Å²) in [5.41, 5.74) is 8.93. The van der Waals surface area contributed by atoms with Crippen LogP contribution in [0.15, 0.2) is 42.5 Å². The van der Waals surface area contributed by atoms with E-state index < -0.39 is 0 Å². The van der Waals surface area contributed by atoms with Crippen molar-refractivity contribution in [1.82, 2.24) is 15.2 Å². The molecule has 180 valence electrons. The van der Waals surface area contributed by atoms with Crippen LogP contribution in [0.2, 0.25) is 0 Å². The molecule has 3 aromatic rings. The number of rotatable bonds is 5. The zero-order valence-electron chi connectivity index (χ0n) is 19.3. The van der Waals surface area contributed by atoms with E-state index in [1.165, 1.54) is 11.3 Å². The van der Waals surface area contributed by atoms with E-state index in [1.54, 1.807) is 18.2 Å². The summed E-state index contributed by atoms with van der Waals surface area (Å²) in [6.45, 7) is 3.25. The molecule has 3 atom stereocenters. The molecule has 0 bridgehead atoms. The minimum atomic E-state index is -0.237. The minimum Gasteiger partial charge on any atom is -0.486 e. The molecular formula is C26H26N4O4S. The predicted molar refractivity (Wildman–Crippen MR) is 133 cm³/mol. The van der Waals surface area contributed by atoms with Crippen molar-refractivity contribution < 1.29 is 19.1 Å². The van der Waals surface area contributed by atoms with Crippen LogP contribution in [-0.4, -0.2) is 53.5 Å². The number of hydrogen-bond donors (Lipinski definition) is 2. The van der Waals surface area contributed by atoms with E-state index in [-0.39, 0.29) is 23.9 Å². The van der Waals surface area contributed by atoms with E-state index in [1.807, 2.05) is 36.1 Å². The lowest BCUT2D eigenvalue weighted by molar-refractivity contribution is 0.0684. The van der Waals surface area contributed by atoms with Crippen LogP contribution >= 0.6 is 11.3 Å². The largest absolute Gasteiger partial charge is 0.486 e. The monoisotopic (exact) mass is 490 g/mol. The molecule has 8 nitrogen and oxygen atoms in total. The molecule has 3 N–H and O–H groups in total. The van der Waals surface area contributed by atoms with Crippen molar-refractivity contribution in [1.29, 1.82) is 0 Å². The molecule has 0 spiro atoms. The summed E-state index contributed by atoms with van der Waals surface area (Å²) in [6, 6.07) is 13.4. The van der Waals surface area contributed by atoms with Crippen LogP contribution in [-0.2, 0) is 0 Å². The molecule has 2 aromatic carbocycles. The highest BCUT2D eigenvalue weighted by molar-refractivity contribution is 7.19. The zero-order chi connectivity index (χ0) is 24.1. The van der Waals surface area contributed by atoms with Gasteiger partial charge in [0.2, 0.25) is 0 Å². The molecule has 0 radical (unpaired) electrons. The van der Waals surface area contributed by atoms with Gasteiger partial charge in [0, 0.05) is 12.6 Å². The molecule has 1 saturated carbocycles. The van der Waals surface area contributed by atoms with Crippen molar-refractivity contribution in [2.75, 3.05) is 25.5 Å². The maximum absolute atomic E-state index is 13.8. The number of fused-ring (bicyclic) bond motifs is 2. The van der Waals surface area contributed by atoms with Crippen LogP contribution in [0, 0.1) is 12.8 Å². The zero-order valence-corrected chi connectivity index (χ0v) is 20.1. The van der Waals surface area contributed by atoms with E-state index in [9.17, 15) is 9.59 Å². The van der Waals surface area contributed by atoms with Crippen LogP contribution in [0.25, 0.3) is 10.4 Å². The Morgan fingerprint density at radius 2 is 2.00 bits per heavy atom. The van der Waals surface area contributed by atoms with Crippen molar-refractivity contribution >= 4 is 28.3 Å². The van der Waals surface area contributed by atoms with Crippen LogP contribution in [0.4, 0.5) is 5.13 Å². The molecule has 6 rings (SSSR count). The SMILES string of the molecule is Cc1cccc(-c2sc(N)nc2C(=O)N2[C@H](CNC(=O)c3cccc4c3OCCO4)C[C@@H]3C[C@@H]32)c1. The lowest BCUT2D eigenvalue weighted by Crippen LogP contribution is -2.45. The van der Waals surface area contributed by atoms with Crippen molar-refractivity contribution in [2.45, 2.75) is 31.8 Å². The van der Waals surface area contributed by atoms with E-state index in [0.29, 0.717) is 53.6 Å². The highest BCUT2D eigenvalue weighted by Gasteiger charge is 2.54. The summed E-state index contributed by atoms with van der Waals surface area (Å²) in [7, 11) is 0. The number of amides is 2. The number of aromatic nitrogens is 1. The van der Waals surface area contributed by atoms with Gasteiger partial charge in [0.05, 0.1) is 16.5 Å². The molecule has 9 heteroatoms. The number of carbonyl (C=O) groups is 2. The normalized spacial score (nSPS) is 22.0. The van der Waals surface area contributed by atoms with Crippen LogP contribution < -0.4 is 20.5 Å². The van der Waals surface area contributed by atoms with E-state index in [2.05, 4.69) is 10.3 Å². The Balaban J connectivity index is 1.22. The molecule has 3 heterocycles. The molecule has 2 aliphatic heterocycles. The van der Waals surface area contributed by atoms with Crippen molar-refractivity contribution in [2.24, 2.45) is 5.92 Å². The van der Waals surface area contributed by atoms with Gasteiger partial charge in [0.1, 0.15) is 18.9 Å². The summed E-state index contributed by atoms with van der Waals surface area (Å²) < 4.78 is 11.3. The summed E-state index contributed by atoms with van der Waals surface area (Å²) in [5, 5.41) is 3.39. The van der Waals surface area contributed by atoms with Gasteiger partial charge in [-0.15, -0.1) is 0 Å². The first-order chi connectivity index (χ1) is 17.0. The molecule has 35 heavy (non-hydrogen) atoms. The molecule has 2 fully saturated rings. The Bertz CT molecular complexity index is 1320. The Morgan fingerprint density at radius 3 is 2.86 bits per heavy atom. The number of likely N-dealkylation sites (tertiary alicyclic amines) is 1. The van der Waals surface area contributed by atoms with Crippen molar-refractivity contribution in [3.8, 4) is 21.9 Å². The third-order valence-corrected chi connectivity index (χ3v) is 7.81. The number of aryl methyl sites for hydroxylation is 1. The number of anilines is 1. The van der Waals surface area contributed by atoms with Crippen molar-refractivity contribution in [3.63, 3.8) is 0 Å². The van der Waals surface area contributed by atoms with Gasteiger partial charge in [-0.3, -0.25) is 9.59 Å². The fraction of sp³-hybridized carbons (Fsp3) is 0.346. The lowest BCUT2D eigenvalue weighted by atomic mass is 10.1. The number of thiazole rings is 1. The average molecular weight is 491 g/mol. The number of carbonyl (C=O) groups excluding carboxylic acids is 2.